The first-order chi connectivity index (χ1) is 17.5. The van der Waals surface area contributed by atoms with Crippen LogP contribution in [0.2, 0.25) is 0 Å². The second-order valence-electron chi connectivity index (χ2n) is 7.97. The molecule has 0 amide bonds. The van der Waals surface area contributed by atoms with Crippen LogP contribution in [-0.4, -0.2) is 40.1 Å². The van der Waals surface area contributed by atoms with Gasteiger partial charge in [0.2, 0.25) is 5.82 Å². The molecule has 0 spiro atoms. The van der Waals surface area contributed by atoms with Crippen molar-refractivity contribution in [1.82, 2.24) is 14.8 Å². The number of methoxy groups -OCH3 is 2. The molecule has 0 fully saturated rings. The molecule has 0 aliphatic rings. The summed E-state index contributed by atoms with van der Waals surface area (Å²) in [6.07, 6.45) is 0. The van der Waals surface area contributed by atoms with E-state index in [0.717, 1.165) is 22.5 Å². The Bertz CT molecular complexity index is 1530. The molecule has 5 aromatic rings. The molecule has 3 aromatic carbocycles. The molecule has 0 saturated heterocycles. The summed E-state index contributed by atoms with van der Waals surface area (Å²) < 4.78 is 18.9. The van der Waals surface area contributed by atoms with Crippen molar-refractivity contribution in [3.05, 3.63) is 84.1 Å². The molecule has 1 atom stereocenters. The maximum absolute atomic E-state index is 12.6. The third-order valence-corrected chi connectivity index (χ3v) is 6.94. The van der Waals surface area contributed by atoms with Gasteiger partial charge >= 0.3 is 5.97 Å². The van der Waals surface area contributed by atoms with Crippen molar-refractivity contribution >= 4 is 28.5 Å². The number of carbonyl (C=O) groups is 1. The van der Waals surface area contributed by atoms with E-state index >= 15 is 0 Å². The summed E-state index contributed by atoms with van der Waals surface area (Å²) >= 11 is 1.08. The molecule has 9 heteroatoms. The number of nitrogens with zero attached hydrogens (tertiary/aromatic N) is 3. The van der Waals surface area contributed by atoms with Gasteiger partial charge in [0.15, 0.2) is 10.9 Å². The fourth-order valence-corrected chi connectivity index (χ4v) is 5.16. The van der Waals surface area contributed by atoms with Crippen LogP contribution in [0.25, 0.3) is 28.0 Å². The molecule has 36 heavy (non-hydrogen) atoms. The smallest absolute Gasteiger partial charge is 0.321 e. The van der Waals surface area contributed by atoms with Gasteiger partial charge in [-0.2, -0.15) is 0 Å². The van der Waals surface area contributed by atoms with Crippen molar-refractivity contribution in [2.24, 2.45) is 0 Å². The first-order valence-corrected chi connectivity index (χ1v) is 12.0. The van der Waals surface area contributed by atoms with Gasteiger partial charge in [0, 0.05) is 0 Å². The van der Waals surface area contributed by atoms with Gasteiger partial charge in [0.1, 0.15) is 28.2 Å². The van der Waals surface area contributed by atoms with Gasteiger partial charge in [-0.15, -0.1) is 10.2 Å². The van der Waals surface area contributed by atoms with Crippen molar-refractivity contribution in [3.8, 4) is 28.8 Å². The number of ether oxygens (including phenoxy) is 2. The summed E-state index contributed by atoms with van der Waals surface area (Å²) in [4.78, 5) is 12.6. The first kappa shape index (κ1) is 23.5. The average molecular weight is 502 g/mol. The zero-order valence-corrected chi connectivity index (χ0v) is 20.7. The number of aryl methyl sites for hydroxylation is 1. The van der Waals surface area contributed by atoms with Gasteiger partial charge in [-0.05, 0) is 47.5 Å². The molecule has 0 radical (unpaired) electrons. The molecular formula is C27H23N3O5S. The normalized spacial score (nSPS) is 12.0. The third kappa shape index (κ3) is 4.18. The molecule has 0 aliphatic carbocycles. The van der Waals surface area contributed by atoms with Crippen molar-refractivity contribution < 1.29 is 23.8 Å². The minimum atomic E-state index is -0.992. The monoisotopic (exact) mass is 501 g/mol. The van der Waals surface area contributed by atoms with Gasteiger partial charge < -0.3 is 19.0 Å². The highest BCUT2D eigenvalue weighted by Crippen LogP contribution is 2.43. The second-order valence-corrected chi connectivity index (χ2v) is 9.04. The molecule has 0 bridgehead atoms. The number of rotatable bonds is 8. The Morgan fingerprint density at radius 2 is 1.64 bits per heavy atom. The van der Waals surface area contributed by atoms with E-state index < -0.39 is 11.2 Å². The molecule has 182 valence electrons. The van der Waals surface area contributed by atoms with E-state index in [0.29, 0.717) is 45.3 Å². The number of benzene rings is 3. The molecule has 0 aliphatic heterocycles. The Morgan fingerprint density at radius 1 is 0.944 bits per heavy atom. The average Bonchev–Trinajstić information content (AvgIpc) is 3.51. The van der Waals surface area contributed by atoms with Crippen LogP contribution in [0.5, 0.6) is 11.5 Å². The molecular weight excluding hydrogens is 478 g/mol. The quantitative estimate of drug-likeness (QED) is 0.261. The SMILES string of the molecule is COc1cccc(OC)c1-n1c(SC(C(=O)O)c2cccc3ccccc23)nnc1-c1ccc(C)o1. The first-order valence-electron chi connectivity index (χ1n) is 11.1. The Labute approximate surface area is 211 Å². The van der Waals surface area contributed by atoms with Gasteiger partial charge in [-0.3, -0.25) is 9.36 Å². The number of furan rings is 1. The maximum Gasteiger partial charge on any atom is 0.321 e. The number of carboxylic acid groups (broad SMARTS) is 1. The summed E-state index contributed by atoms with van der Waals surface area (Å²) in [7, 11) is 3.12. The summed E-state index contributed by atoms with van der Waals surface area (Å²) in [5.74, 6) is 1.62. The highest BCUT2D eigenvalue weighted by atomic mass is 32.2. The number of aliphatic carboxylic acids is 1. The van der Waals surface area contributed by atoms with E-state index in [1.54, 1.807) is 37.0 Å². The van der Waals surface area contributed by atoms with Crippen LogP contribution >= 0.6 is 11.8 Å². The van der Waals surface area contributed by atoms with Crippen molar-refractivity contribution in [2.45, 2.75) is 17.3 Å². The summed E-state index contributed by atoms with van der Waals surface area (Å²) in [6, 6.07) is 22.4. The van der Waals surface area contributed by atoms with Crippen LogP contribution in [0.15, 0.2) is 82.4 Å². The van der Waals surface area contributed by atoms with E-state index in [1.165, 1.54) is 0 Å². The third-order valence-electron chi connectivity index (χ3n) is 5.77. The Morgan fingerprint density at radius 3 is 2.31 bits per heavy atom. The van der Waals surface area contributed by atoms with E-state index in [2.05, 4.69) is 10.2 Å². The highest BCUT2D eigenvalue weighted by molar-refractivity contribution is 8.00. The summed E-state index contributed by atoms with van der Waals surface area (Å²) in [5.41, 5.74) is 1.21. The fourth-order valence-electron chi connectivity index (χ4n) is 4.15. The summed E-state index contributed by atoms with van der Waals surface area (Å²) in [6.45, 7) is 1.84. The molecule has 1 N–H and O–H groups in total. The number of aromatic nitrogens is 3. The van der Waals surface area contributed by atoms with Crippen LogP contribution < -0.4 is 9.47 Å². The van der Waals surface area contributed by atoms with Crippen molar-refractivity contribution in [3.63, 3.8) is 0 Å². The van der Waals surface area contributed by atoms with Crippen LogP contribution in [0.4, 0.5) is 0 Å². The zero-order chi connectivity index (χ0) is 25.2. The predicted molar refractivity (Wildman–Crippen MR) is 137 cm³/mol. The minimum Gasteiger partial charge on any atom is -0.494 e. The number of carboxylic acids is 1. The lowest BCUT2D eigenvalue weighted by Crippen LogP contribution is -2.11. The molecule has 1 unspecified atom stereocenters. The van der Waals surface area contributed by atoms with Gasteiger partial charge in [-0.25, -0.2) is 0 Å². The molecule has 5 rings (SSSR count). The van der Waals surface area contributed by atoms with Gasteiger partial charge in [0.25, 0.3) is 0 Å². The largest absolute Gasteiger partial charge is 0.494 e. The Balaban J connectivity index is 1.72. The van der Waals surface area contributed by atoms with Crippen LogP contribution in [-0.2, 0) is 4.79 Å². The fraction of sp³-hybridized carbons (Fsp3) is 0.148. The second kappa shape index (κ2) is 9.79. The van der Waals surface area contributed by atoms with E-state index in [1.807, 2.05) is 61.5 Å². The lowest BCUT2D eigenvalue weighted by molar-refractivity contribution is -0.136. The van der Waals surface area contributed by atoms with Crippen LogP contribution in [0, 0.1) is 6.92 Å². The number of para-hydroxylation sites is 1. The van der Waals surface area contributed by atoms with Crippen LogP contribution in [0.1, 0.15) is 16.6 Å². The number of thioether (sulfide) groups is 1. The lowest BCUT2D eigenvalue weighted by atomic mass is 10.0. The van der Waals surface area contributed by atoms with Crippen molar-refractivity contribution in [2.75, 3.05) is 14.2 Å². The number of hydrogen-bond donors (Lipinski definition) is 1. The number of fused-ring (bicyclic) bond motifs is 1. The standard InChI is InChI=1S/C27H23N3O5S/c1-16-14-15-22(35-16)25-28-29-27(30(25)23-20(33-2)12-7-13-21(23)34-3)36-24(26(31)32)19-11-6-9-17-8-4-5-10-18(17)19/h4-15,24H,1-3H3,(H,31,32). The van der Waals surface area contributed by atoms with Gasteiger partial charge in [-0.1, -0.05) is 60.3 Å². The lowest BCUT2D eigenvalue weighted by Gasteiger charge is -2.18. The number of hydrogen-bond acceptors (Lipinski definition) is 7. The molecule has 8 nitrogen and oxygen atoms in total. The topological polar surface area (TPSA) is 99.6 Å². The summed E-state index contributed by atoms with van der Waals surface area (Å²) in [5, 5.41) is 20.3. The minimum absolute atomic E-state index is 0.349. The van der Waals surface area contributed by atoms with Gasteiger partial charge in [0.05, 0.1) is 14.2 Å². The Kier molecular flexibility index (Phi) is 6.39. The molecule has 2 heterocycles. The van der Waals surface area contributed by atoms with Crippen LogP contribution in [0.3, 0.4) is 0 Å². The van der Waals surface area contributed by atoms with E-state index in [4.69, 9.17) is 13.9 Å². The molecule has 2 aromatic heterocycles. The maximum atomic E-state index is 12.6. The van der Waals surface area contributed by atoms with Crippen molar-refractivity contribution in [1.29, 1.82) is 0 Å². The van der Waals surface area contributed by atoms with E-state index in [9.17, 15) is 9.90 Å². The zero-order valence-electron chi connectivity index (χ0n) is 19.8. The molecule has 0 saturated carbocycles. The highest BCUT2D eigenvalue weighted by Gasteiger charge is 2.30. The Hall–Kier alpha value is -4.24. The predicted octanol–water partition coefficient (Wildman–Crippen LogP) is 5.92. The van der Waals surface area contributed by atoms with E-state index in [-0.39, 0.29) is 0 Å².